The third-order valence-corrected chi connectivity index (χ3v) is 4.57. The van der Waals surface area contributed by atoms with Crippen LogP contribution in [-0.4, -0.2) is 70.0 Å². The summed E-state index contributed by atoms with van der Waals surface area (Å²) < 4.78 is 44.6. The number of hydrogen-bond acceptors (Lipinski definition) is 6. The standard InChI is InChI=1S/C17H24N4O3.C2HF3O2/c1-19(2)17(22)12-23-11-15-14-6-7-21(9-13-5-4-8-24-13)10-16(14)20(3)18-15;3-2(4,5)1(6)7/h4-5,8H,6-7,9-12H2,1-3H3;(H,6,7). The molecule has 0 bridgehead atoms. The van der Waals surface area contributed by atoms with Crippen LogP contribution in [0, 0.1) is 0 Å². The van der Waals surface area contributed by atoms with Crippen molar-refractivity contribution >= 4 is 11.9 Å². The predicted molar refractivity (Wildman–Crippen MR) is 102 cm³/mol. The first kappa shape index (κ1) is 24.4. The molecule has 31 heavy (non-hydrogen) atoms. The lowest BCUT2D eigenvalue weighted by molar-refractivity contribution is -0.192. The zero-order valence-electron chi connectivity index (χ0n) is 17.5. The first-order valence-electron chi connectivity index (χ1n) is 9.35. The van der Waals surface area contributed by atoms with Crippen molar-refractivity contribution in [3.05, 3.63) is 41.1 Å². The molecule has 0 aromatic carbocycles. The van der Waals surface area contributed by atoms with Gasteiger partial charge in [-0.1, -0.05) is 0 Å². The molecule has 0 fully saturated rings. The fraction of sp³-hybridized carbons (Fsp3) is 0.526. The van der Waals surface area contributed by atoms with Gasteiger partial charge in [0.1, 0.15) is 12.4 Å². The van der Waals surface area contributed by atoms with Crippen molar-refractivity contribution in [2.75, 3.05) is 27.2 Å². The maximum Gasteiger partial charge on any atom is 0.490 e. The smallest absolute Gasteiger partial charge is 0.475 e. The number of hydrogen-bond donors (Lipinski definition) is 1. The van der Waals surface area contributed by atoms with E-state index in [1.807, 2.05) is 23.9 Å². The Labute approximate surface area is 177 Å². The number of carboxylic acids is 1. The van der Waals surface area contributed by atoms with E-state index in [1.54, 1.807) is 20.4 Å². The van der Waals surface area contributed by atoms with Crippen molar-refractivity contribution in [2.45, 2.75) is 32.3 Å². The van der Waals surface area contributed by atoms with Gasteiger partial charge in [0.15, 0.2) is 0 Å². The van der Waals surface area contributed by atoms with E-state index in [9.17, 15) is 18.0 Å². The summed E-state index contributed by atoms with van der Waals surface area (Å²) in [5.74, 6) is -1.82. The van der Waals surface area contributed by atoms with Crippen molar-refractivity contribution in [3.63, 3.8) is 0 Å². The Morgan fingerprint density at radius 3 is 2.58 bits per heavy atom. The molecule has 1 amide bonds. The number of carboxylic acid groups (broad SMARTS) is 1. The first-order chi connectivity index (χ1) is 14.5. The highest BCUT2D eigenvalue weighted by molar-refractivity contribution is 5.76. The molecule has 3 heterocycles. The SMILES string of the molecule is CN(C)C(=O)COCc1nn(C)c2c1CCN(Cc1ccco1)C2.O=C(O)C(F)(F)F. The molecule has 2 aromatic heterocycles. The molecule has 0 aliphatic carbocycles. The Bertz CT molecular complexity index is 878. The maximum atomic E-state index is 11.6. The van der Waals surface area contributed by atoms with Crippen LogP contribution in [-0.2, 0) is 47.5 Å². The molecule has 12 heteroatoms. The van der Waals surface area contributed by atoms with Gasteiger partial charge in [0.2, 0.25) is 5.91 Å². The topological polar surface area (TPSA) is 101 Å². The largest absolute Gasteiger partial charge is 0.490 e. The molecular formula is C19H25F3N4O5. The minimum Gasteiger partial charge on any atom is -0.475 e. The summed E-state index contributed by atoms with van der Waals surface area (Å²) in [6.07, 6.45) is -2.44. The Hall–Kier alpha value is -2.86. The Morgan fingerprint density at radius 2 is 2.03 bits per heavy atom. The Balaban J connectivity index is 0.000000423. The zero-order valence-corrected chi connectivity index (χ0v) is 17.5. The van der Waals surface area contributed by atoms with E-state index in [1.165, 1.54) is 16.2 Å². The van der Waals surface area contributed by atoms with Crippen LogP contribution in [0.25, 0.3) is 0 Å². The third-order valence-electron chi connectivity index (χ3n) is 4.57. The predicted octanol–water partition coefficient (Wildman–Crippen LogP) is 1.81. The van der Waals surface area contributed by atoms with Crippen molar-refractivity contribution < 1.29 is 37.0 Å². The number of ether oxygens (including phenoxy) is 1. The number of carbonyl (C=O) groups excluding carboxylic acids is 1. The average Bonchev–Trinajstić information content (AvgIpc) is 3.29. The van der Waals surface area contributed by atoms with Crippen LogP contribution < -0.4 is 0 Å². The summed E-state index contributed by atoms with van der Waals surface area (Å²) in [6, 6.07) is 3.92. The van der Waals surface area contributed by atoms with E-state index in [4.69, 9.17) is 19.1 Å². The number of furan rings is 1. The number of rotatable bonds is 6. The molecule has 172 valence electrons. The molecule has 0 radical (unpaired) electrons. The number of aromatic nitrogens is 2. The molecule has 9 nitrogen and oxygen atoms in total. The minimum absolute atomic E-state index is 0.0376. The molecule has 0 spiro atoms. The quantitative estimate of drug-likeness (QED) is 0.722. The van der Waals surface area contributed by atoms with Crippen molar-refractivity contribution in [1.29, 1.82) is 0 Å². The second kappa shape index (κ2) is 10.4. The lowest BCUT2D eigenvalue weighted by Crippen LogP contribution is -2.31. The lowest BCUT2D eigenvalue weighted by atomic mass is 10.0. The lowest BCUT2D eigenvalue weighted by Gasteiger charge is -2.26. The van der Waals surface area contributed by atoms with Gasteiger partial charge in [-0.2, -0.15) is 18.3 Å². The van der Waals surface area contributed by atoms with Gasteiger partial charge < -0.3 is 19.2 Å². The van der Waals surface area contributed by atoms with Crippen molar-refractivity contribution in [2.24, 2.45) is 7.05 Å². The summed E-state index contributed by atoms with van der Waals surface area (Å²) >= 11 is 0. The minimum atomic E-state index is -5.08. The molecule has 0 atom stereocenters. The maximum absolute atomic E-state index is 11.6. The second-order valence-electron chi connectivity index (χ2n) is 7.12. The van der Waals surface area contributed by atoms with E-state index in [2.05, 4.69) is 10.00 Å². The van der Waals surface area contributed by atoms with Crippen molar-refractivity contribution in [3.8, 4) is 0 Å². The molecule has 1 aliphatic heterocycles. The summed E-state index contributed by atoms with van der Waals surface area (Å²) in [7, 11) is 5.41. The van der Waals surface area contributed by atoms with E-state index >= 15 is 0 Å². The molecular weight excluding hydrogens is 421 g/mol. The monoisotopic (exact) mass is 446 g/mol. The normalized spacial score (nSPS) is 13.9. The van der Waals surface area contributed by atoms with Gasteiger partial charge >= 0.3 is 12.1 Å². The molecule has 1 N–H and O–H groups in total. The van der Waals surface area contributed by atoms with Crippen LogP contribution >= 0.6 is 0 Å². The van der Waals surface area contributed by atoms with Gasteiger partial charge in [0.25, 0.3) is 0 Å². The highest BCUT2D eigenvalue weighted by Crippen LogP contribution is 2.24. The van der Waals surface area contributed by atoms with Crippen LogP contribution in [0.3, 0.4) is 0 Å². The zero-order chi connectivity index (χ0) is 23.2. The molecule has 1 aliphatic rings. The number of alkyl halides is 3. The van der Waals surface area contributed by atoms with Gasteiger partial charge in [0.05, 0.1) is 30.8 Å². The van der Waals surface area contributed by atoms with Crippen LogP contribution in [0.1, 0.15) is 22.7 Å². The molecule has 3 rings (SSSR count). The fourth-order valence-corrected chi connectivity index (χ4v) is 2.95. The summed E-state index contributed by atoms with van der Waals surface area (Å²) in [6.45, 7) is 3.07. The van der Waals surface area contributed by atoms with E-state index in [-0.39, 0.29) is 12.5 Å². The van der Waals surface area contributed by atoms with Gasteiger partial charge in [-0.3, -0.25) is 14.4 Å². The number of likely N-dealkylation sites (N-methyl/N-ethyl adjacent to an activating group) is 1. The Kier molecular flexibility index (Phi) is 8.22. The van der Waals surface area contributed by atoms with Gasteiger partial charge in [-0.15, -0.1) is 0 Å². The first-order valence-corrected chi connectivity index (χ1v) is 9.35. The highest BCUT2D eigenvalue weighted by atomic mass is 19.4. The number of halogens is 3. The average molecular weight is 446 g/mol. The highest BCUT2D eigenvalue weighted by Gasteiger charge is 2.38. The van der Waals surface area contributed by atoms with E-state index in [0.717, 1.165) is 37.5 Å². The fourth-order valence-electron chi connectivity index (χ4n) is 2.95. The second-order valence-corrected chi connectivity index (χ2v) is 7.12. The summed E-state index contributed by atoms with van der Waals surface area (Å²) in [4.78, 5) is 24.4. The Morgan fingerprint density at radius 1 is 1.35 bits per heavy atom. The van der Waals surface area contributed by atoms with E-state index < -0.39 is 12.1 Å². The molecule has 2 aromatic rings. The van der Waals surface area contributed by atoms with Crippen LogP contribution in [0.15, 0.2) is 22.8 Å². The summed E-state index contributed by atoms with van der Waals surface area (Å²) in [5.41, 5.74) is 3.41. The van der Waals surface area contributed by atoms with Crippen LogP contribution in [0.5, 0.6) is 0 Å². The number of aliphatic carboxylic acids is 1. The van der Waals surface area contributed by atoms with Crippen LogP contribution in [0.2, 0.25) is 0 Å². The molecule has 0 saturated heterocycles. The molecule has 0 unspecified atom stereocenters. The number of fused-ring (bicyclic) bond motifs is 1. The number of aryl methyl sites for hydroxylation is 1. The van der Waals surface area contributed by atoms with Gasteiger partial charge in [-0.25, -0.2) is 4.79 Å². The van der Waals surface area contributed by atoms with Crippen molar-refractivity contribution in [1.82, 2.24) is 19.6 Å². The molecule has 0 saturated carbocycles. The van der Waals surface area contributed by atoms with Crippen LogP contribution in [0.4, 0.5) is 13.2 Å². The number of nitrogens with zero attached hydrogens (tertiary/aromatic N) is 4. The summed E-state index contributed by atoms with van der Waals surface area (Å²) in [5, 5.41) is 11.7. The van der Waals surface area contributed by atoms with E-state index in [0.29, 0.717) is 6.61 Å². The number of amides is 1. The number of carbonyl (C=O) groups is 2. The third kappa shape index (κ3) is 7.10. The van der Waals surface area contributed by atoms with Gasteiger partial charge in [0, 0.05) is 39.8 Å². The van der Waals surface area contributed by atoms with Gasteiger partial charge in [-0.05, 0) is 18.6 Å².